The molecule has 0 spiro atoms. The van der Waals surface area contributed by atoms with Crippen molar-refractivity contribution in [3.05, 3.63) is 17.3 Å². The number of nitrogens with zero attached hydrogens (tertiary/aromatic N) is 1. The molecule has 2 rings (SSSR count). The van der Waals surface area contributed by atoms with Crippen molar-refractivity contribution in [3.63, 3.8) is 0 Å². The Labute approximate surface area is 104 Å². The lowest BCUT2D eigenvalue weighted by molar-refractivity contribution is -0.130. The van der Waals surface area contributed by atoms with Crippen LogP contribution in [-0.2, 0) is 9.53 Å². The summed E-state index contributed by atoms with van der Waals surface area (Å²) in [5.41, 5.74) is 0. The van der Waals surface area contributed by atoms with E-state index in [0.717, 1.165) is 12.8 Å². The van der Waals surface area contributed by atoms with E-state index in [-0.39, 0.29) is 17.5 Å². The van der Waals surface area contributed by atoms with Crippen LogP contribution in [0.1, 0.15) is 19.3 Å². The molecule has 1 atom stereocenters. The molecule has 5 nitrogen and oxygen atoms in total. The minimum atomic E-state index is -0.458. The smallest absolute Gasteiger partial charge is 0.254 e. The molecule has 17 heavy (non-hydrogen) atoms. The van der Waals surface area contributed by atoms with Crippen LogP contribution < -0.4 is 5.32 Å². The molecule has 0 aliphatic carbocycles. The lowest BCUT2D eigenvalue weighted by Crippen LogP contribution is -2.33. The Morgan fingerprint density at radius 1 is 1.59 bits per heavy atom. The average Bonchev–Trinajstić information content (AvgIpc) is 2.34. The second-order valence-electron chi connectivity index (χ2n) is 3.87. The Kier molecular flexibility index (Phi) is 3.81. The number of anilines is 1. The van der Waals surface area contributed by atoms with Crippen LogP contribution in [0.25, 0.3) is 0 Å². The highest BCUT2D eigenvalue weighted by Gasteiger charge is 2.23. The van der Waals surface area contributed by atoms with Gasteiger partial charge in [0.25, 0.3) is 5.91 Å². The number of ether oxygens (including phenoxy) is 1. The van der Waals surface area contributed by atoms with Gasteiger partial charge in [-0.3, -0.25) is 4.79 Å². The van der Waals surface area contributed by atoms with E-state index in [1.54, 1.807) is 0 Å². The number of aromatic hydroxyl groups is 1. The maximum Gasteiger partial charge on any atom is 0.254 e. The van der Waals surface area contributed by atoms with Gasteiger partial charge < -0.3 is 15.2 Å². The number of carbonyl (C=O) groups is 1. The van der Waals surface area contributed by atoms with Gasteiger partial charge in [0.2, 0.25) is 0 Å². The highest BCUT2D eigenvalue weighted by atomic mass is 35.5. The van der Waals surface area contributed by atoms with Crippen LogP contribution in [0.3, 0.4) is 0 Å². The van der Waals surface area contributed by atoms with Crippen molar-refractivity contribution in [1.29, 1.82) is 0 Å². The third-order valence-corrected chi connectivity index (χ3v) is 2.75. The number of amides is 1. The van der Waals surface area contributed by atoms with Gasteiger partial charge in [-0.05, 0) is 19.3 Å². The first kappa shape index (κ1) is 12.1. The van der Waals surface area contributed by atoms with Crippen molar-refractivity contribution < 1.29 is 14.6 Å². The molecule has 0 aromatic carbocycles. The summed E-state index contributed by atoms with van der Waals surface area (Å²) in [7, 11) is 0. The van der Waals surface area contributed by atoms with Crippen molar-refractivity contribution in [3.8, 4) is 5.75 Å². The van der Waals surface area contributed by atoms with Crippen LogP contribution in [0.4, 0.5) is 5.82 Å². The quantitative estimate of drug-likeness (QED) is 0.848. The molecule has 0 radical (unpaired) electrons. The topological polar surface area (TPSA) is 71.5 Å². The minimum absolute atomic E-state index is 0.105. The lowest BCUT2D eigenvalue weighted by Gasteiger charge is -2.21. The van der Waals surface area contributed by atoms with Gasteiger partial charge in [0.05, 0.1) is 5.02 Å². The second kappa shape index (κ2) is 5.33. The first-order valence-corrected chi connectivity index (χ1v) is 5.81. The van der Waals surface area contributed by atoms with Crippen LogP contribution in [0, 0.1) is 0 Å². The first-order chi connectivity index (χ1) is 8.16. The monoisotopic (exact) mass is 256 g/mol. The molecule has 0 saturated carbocycles. The van der Waals surface area contributed by atoms with E-state index in [0.29, 0.717) is 18.1 Å². The summed E-state index contributed by atoms with van der Waals surface area (Å²) in [6.45, 7) is 0.595. The summed E-state index contributed by atoms with van der Waals surface area (Å²) in [4.78, 5) is 15.6. The second-order valence-corrected chi connectivity index (χ2v) is 4.30. The summed E-state index contributed by atoms with van der Waals surface area (Å²) in [5.74, 6) is -0.329. The molecule has 2 N–H and O–H groups in total. The zero-order chi connectivity index (χ0) is 12.3. The van der Waals surface area contributed by atoms with E-state index in [2.05, 4.69) is 10.3 Å². The Bertz CT molecular complexity index is 419. The van der Waals surface area contributed by atoms with Crippen molar-refractivity contribution in [2.45, 2.75) is 25.4 Å². The number of hydrogen-bond donors (Lipinski definition) is 2. The molecule has 0 bridgehead atoms. The van der Waals surface area contributed by atoms with Crippen LogP contribution in [0.5, 0.6) is 5.75 Å². The van der Waals surface area contributed by atoms with Crippen molar-refractivity contribution >= 4 is 23.3 Å². The van der Waals surface area contributed by atoms with Crippen molar-refractivity contribution in [2.75, 3.05) is 11.9 Å². The summed E-state index contributed by atoms with van der Waals surface area (Å²) < 4.78 is 5.33. The molecule has 6 heteroatoms. The fraction of sp³-hybridized carbons (Fsp3) is 0.455. The van der Waals surface area contributed by atoms with Crippen molar-refractivity contribution in [1.82, 2.24) is 4.98 Å². The molecule has 1 amide bonds. The maximum atomic E-state index is 11.8. The van der Waals surface area contributed by atoms with Gasteiger partial charge >= 0.3 is 0 Å². The predicted octanol–water partition coefficient (Wildman–Crippen LogP) is 1.95. The largest absolute Gasteiger partial charge is 0.504 e. The fourth-order valence-electron chi connectivity index (χ4n) is 1.67. The summed E-state index contributed by atoms with van der Waals surface area (Å²) >= 11 is 5.64. The molecule has 1 fully saturated rings. The van der Waals surface area contributed by atoms with Crippen LogP contribution in [-0.4, -0.2) is 28.7 Å². The molecular weight excluding hydrogens is 244 g/mol. The molecule has 1 aromatic rings. The molecule has 1 aromatic heterocycles. The van der Waals surface area contributed by atoms with E-state index in [1.807, 2.05) is 0 Å². The Hall–Kier alpha value is -1.33. The van der Waals surface area contributed by atoms with E-state index in [1.165, 1.54) is 12.3 Å². The third-order valence-electron chi connectivity index (χ3n) is 2.55. The Morgan fingerprint density at radius 3 is 3.06 bits per heavy atom. The van der Waals surface area contributed by atoms with E-state index in [9.17, 15) is 9.90 Å². The van der Waals surface area contributed by atoms with Crippen LogP contribution in [0.2, 0.25) is 5.02 Å². The number of aromatic nitrogens is 1. The number of hydrogen-bond acceptors (Lipinski definition) is 4. The number of rotatable bonds is 2. The molecule has 1 unspecified atom stereocenters. The lowest BCUT2D eigenvalue weighted by atomic mass is 10.1. The van der Waals surface area contributed by atoms with Gasteiger partial charge in [0, 0.05) is 18.9 Å². The predicted molar refractivity (Wildman–Crippen MR) is 63.1 cm³/mol. The van der Waals surface area contributed by atoms with Gasteiger partial charge in [0.15, 0.2) is 11.6 Å². The van der Waals surface area contributed by atoms with E-state index in [4.69, 9.17) is 16.3 Å². The highest BCUT2D eigenvalue weighted by Crippen LogP contribution is 2.24. The number of halogens is 1. The summed E-state index contributed by atoms with van der Waals surface area (Å²) in [6, 6.07) is 1.33. The number of nitrogens with one attached hydrogen (secondary N) is 1. The molecule has 1 aliphatic heterocycles. The first-order valence-electron chi connectivity index (χ1n) is 5.44. The zero-order valence-electron chi connectivity index (χ0n) is 9.15. The average molecular weight is 257 g/mol. The standard InChI is InChI=1S/C11H13ClN2O3/c12-7-5-8(15)10(13-6-7)14-11(16)9-3-1-2-4-17-9/h5-6,9,15H,1-4H2,(H,13,14,16). The molecule has 1 aliphatic rings. The Morgan fingerprint density at radius 2 is 2.41 bits per heavy atom. The van der Waals surface area contributed by atoms with Gasteiger partial charge in [-0.25, -0.2) is 4.98 Å². The number of pyridine rings is 1. The van der Waals surface area contributed by atoms with Crippen LogP contribution >= 0.6 is 11.6 Å². The molecule has 1 saturated heterocycles. The third kappa shape index (κ3) is 3.08. The zero-order valence-corrected chi connectivity index (χ0v) is 9.91. The van der Waals surface area contributed by atoms with E-state index >= 15 is 0 Å². The minimum Gasteiger partial charge on any atom is -0.504 e. The fourth-order valence-corrected chi connectivity index (χ4v) is 1.82. The van der Waals surface area contributed by atoms with Gasteiger partial charge in [0.1, 0.15) is 6.10 Å². The van der Waals surface area contributed by atoms with E-state index < -0.39 is 6.10 Å². The molecular formula is C11H13ClN2O3. The summed E-state index contributed by atoms with van der Waals surface area (Å²) in [5, 5.41) is 12.4. The van der Waals surface area contributed by atoms with Crippen molar-refractivity contribution in [2.24, 2.45) is 0 Å². The highest BCUT2D eigenvalue weighted by molar-refractivity contribution is 6.30. The van der Waals surface area contributed by atoms with Gasteiger partial charge in [-0.2, -0.15) is 0 Å². The van der Waals surface area contributed by atoms with Gasteiger partial charge in [-0.15, -0.1) is 0 Å². The molecule has 92 valence electrons. The SMILES string of the molecule is O=C(Nc1ncc(Cl)cc1O)C1CCCCO1. The maximum absolute atomic E-state index is 11.8. The number of carbonyl (C=O) groups excluding carboxylic acids is 1. The van der Waals surface area contributed by atoms with Crippen LogP contribution in [0.15, 0.2) is 12.3 Å². The normalized spacial score (nSPS) is 19.9. The summed E-state index contributed by atoms with van der Waals surface area (Å²) in [6.07, 6.45) is 3.55. The Balaban J connectivity index is 2.02. The molecule has 2 heterocycles. The van der Waals surface area contributed by atoms with Gasteiger partial charge in [-0.1, -0.05) is 11.6 Å².